The maximum absolute atomic E-state index is 12.3. The van der Waals surface area contributed by atoms with E-state index >= 15 is 0 Å². The van der Waals surface area contributed by atoms with Gasteiger partial charge in [-0.15, -0.1) is 24.8 Å². The van der Waals surface area contributed by atoms with Crippen molar-refractivity contribution >= 4 is 30.7 Å². The van der Waals surface area contributed by atoms with Gasteiger partial charge in [0.25, 0.3) is 0 Å². The van der Waals surface area contributed by atoms with Gasteiger partial charge in [-0.05, 0) is 12.5 Å². The van der Waals surface area contributed by atoms with E-state index in [0.717, 1.165) is 5.56 Å². The number of hydrogen-bond donors (Lipinski definition) is 1. The molecule has 1 aliphatic heterocycles. The Kier molecular flexibility index (Phi) is 9.06. The van der Waals surface area contributed by atoms with Crippen molar-refractivity contribution in [3.8, 4) is 0 Å². The summed E-state index contributed by atoms with van der Waals surface area (Å²) in [6.07, 6.45) is -4.20. The van der Waals surface area contributed by atoms with Gasteiger partial charge in [-0.2, -0.15) is 13.2 Å². The molecule has 0 radical (unpaired) electrons. The molecule has 24 heavy (non-hydrogen) atoms. The number of amides is 1. The molecule has 1 atom stereocenters. The molecule has 4 nitrogen and oxygen atoms in total. The highest BCUT2D eigenvalue weighted by Crippen LogP contribution is 2.19. The number of nitrogens with zero attached hydrogens (tertiary/aromatic N) is 2. The van der Waals surface area contributed by atoms with Crippen molar-refractivity contribution in [1.82, 2.24) is 9.80 Å². The molecule has 1 saturated heterocycles. The summed E-state index contributed by atoms with van der Waals surface area (Å²) in [7, 11) is 0. The summed E-state index contributed by atoms with van der Waals surface area (Å²) < 4.78 is 37.0. The van der Waals surface area contributed by atoms with Crippen LogP contribution in [0.3, 0.4) is 0 Å². The zero-order valence-electron chi connectivity index (χ0n) is 13.3. The van der Waals surface area contributed by atoms with Crippen molar-refractivity contribution in [3.05, 3.63) is 35.4 Å². The van der Waals surface area contributed by atoms with Crippen LogP contribution in [0, 0.1) is 6.92 Å². The van der Waals surface area contributed by atoms with Gasteiger partial charge >= 0.3 is 6.18 Å². The third-order valence-corrected chi connectivity index (χ3v) is 3.79. The number of benzene rings is 1. The Bertz CT molecular complexity index is 518. The lowest BCUT2D eigenvalue weighted by molar-refractivity contribution is -0.152. The van der Waals surface area contributed by atoms with Crippen LogP contribution in [0.25, 0.3) is 0 Å². The van der Waals surface area contributed by atoms with Crippen LogP contribution in [-0.2, 0) is 4.79 Å². The van der Waals surface area contributed by atoms with Crippen LogP contribution in [0.2, 0.25) is 0 Å². The minimum absolute atomic E-state index is 0. The summed E-state index contributed by atoms with van der Waals surface area (Å²) in [4.78, 5) is 15.2. The molecule has 1 fully saturated rings. The van der Waals surface area contributed by atoms with E-state index in [1.54, 1.807) is 12.1 Å². The van der Waals surface area contributed by atoms with Crippen molar-refractivity contribution in [2.24, 2.45) is 5.73 Å². The van der Waals surface area contributed by atoms with Gasteiger partial charge in [-0.1, -0.05) is 29.8 Å². The van der Waals surface area contributed by atoms with Crippen LogP contribution in [0.5, 0.6) is 0 Å². The van der Waals surface area contributed by atoms with Crippen molar-refractivity contribution in [3.63, 3.8) is 0 Å². The summed E-state index contributed by atoms with van der Waals surface area (Å²) in [5.41, 5.74) is 7.76. The predicted molar refractivity (Wildman–Crippen MR) is 91.7 cm³/mol. The van der Waals surface area contributed by atoms with Gasteiger partial charge in [0, 0.05) is 26.2 Å². The van der Waals surface area contributed by atoms with Crippen LogP contribution in [0.4, 0.5) is 13.2 Å². The molecular formula is C15H22Cl2F3N3O. The zero-order chi connectivity index (χ0) is 16.3. The number of rotatable bonds is 3. The summed E-state index contributed by atoms with van der Waals surface area (Å²) in [5, 5.41) is 0. The fourth-order valence-corrected chi connectivity index (χ4v) is 2.49. The third-order valence-electron chi connectivity index (χ3n) is 3.79. The van der Waals surface area contributed by atoms with Crippen LogP contribution in [0.15, 0.2) is 24.3 Å². The average Bonchev–Trinajstić information content (AvgIpc) is 2.46. The smallest absolute Gasteiger partial charge is 0.338 e. The van der Waals surface area contributed by atoms with Crippen LogP contribution in [0.1, 0.15) is 17.2 Å². The van der Waals surface area contributed by atoms with Gasteiger partial charge in [0.2, 0.25) is 5.91 Å². The second-order valence-corrected chi connectivity index (χ2v) is 5.60. The van der Waals surface area contributed by atoms with Gasteiger partial charge in [0.05, 0.1) is 6.54 Å². The first-order valence-corrected chi connectivity index (χ1v) is 7.16. The second-order valence-electron chi connectivity index (χ2n) is 5.60. The monoisotopic (exact) mass is 387 g/mol. The van der Waals surface area contributed by atoms with E-state index in [9.17, 15) is 18.0 Å². The van der Waals surface area contributed by atoms with E-state index in [-0.39, 0.29) is 56.9 Å². The van der Waals surface area contributed by atoms with Crippen molar-refractivity contribution in [2.45, 2.75) is 19.1 Å². The molecule has 2 rings (SSSR count). The van der Waals surface area contributed by atoms with E-state index in [1.165, 1.54) is 9.80 Å². The summed E-state index contributed by atoms with van der Waals surface area (Å²) in [6.45, 7) is 1.98. The number of halogens is 5. The Morgan fingerprint density at radius 1 is 1.12 bits per heavy atom. The fourth-order valence-electron chi connectivity index (χ4n) is 2.49. The third kappa shape index (κ3) is 6.47. The van der Waals surface area contributed by atoms with Crippen LogP contribution >= 0.6 is 24.8 Å². The van der Waals surface area contributed by atoms with Gasteiger partial charge < -0.3 is 10.6 Å². The van der Waals surface area contributed by atoms with Gasteiger partial charge in [0.1, 0.15) is 6.04 Å². The predicted octanol–water partition coefficient (Wildman–Crippen LogP) is 2.54. The quantitative estimate of drug-likeness (QED) is 0.866. The van der Waals surface area contributed by atoms with E-state index in [0.29, 0.717) is 5.56 Å². The molecule has 1 aromatic carbocycles. The molecular weight excluding hydrogens is 366 g/mol. The second kappa shape index (κ2) is 9.46. The largest absolute Gasteiger partial charge is 0.401 e. The van der Waals surface area contributed by atoms with E-state index < -0.39 is 18.8 Å². The fraction of sp³-hybridized carbons (Fsp3) is 0.533. The lowest BCUT2D eigenvalue weighted by Gasteiger charge is -2.36. The Labute approximate surface area is 152 Å². The number of alkyl halides is 3. The first kappa shape index (κ1) is 23.0. The number of piperazine rings is 1. The van der Waals surface area contributed by atoms with Crippen LogP contribution < -0.4 is 5.73 Å². The van der Waals surface area contributed by atoms with Crippen molar-refractivity contribution in [1.29, 1.82) is 0 Å². The molecule has 9 heteroatoms. The maximum Gasteiger partial charge on any atom is 0.401 e. The highest BCUT2D eigenvalue weighted by molar-refractivity contribution is 5.85. The molecule has 0 bridgehead atoms. The Hall–Kier alpha value is -1.02. The molecule has 138 valence electrons. The lowest BCUT2D eigenvalue weighted by Crippen LogP contribution is -2.52. The number of aryl methyl sites for hydroxylation is 1. The van der Waals surface area contributed by atoms with Crippen molar-refractivity contribution in [2.75, 3.05) is 32.7 Å². The molecule has 1 unspecified atom stereocenters. The Morgan fingerprint density at radius 3 is 2.08 bits per heavy atom. The molecule has 0 aliphatic carbocycles. The van der Waals surface area contributed by atoms with Gasteiger partial charge in [-0.25, -0.2) is 0 Å². The molecule has 0 saturated carbocycles. The first-order chi connectivity index (χ1) is 10.3. The molecule has 1 amide bonds. The Morgan fingerprint density at radius 2 is 1.62 bits per heavy atom. The molecule has 0 spiro atoms. The minimum atomic E-state index is -4.20. The maximum atomic E-state index is 12.3. The number of carbonyl (C=O) groups excluding carboxylic acids is 1. The molecule has 0 aromatic heterocycles. The lowest BCUT2D eigenvalue weighted by atomic mass is 10.0. The minimum Gasteiger partial charge on any atom is -0.338 e. The SMILES string of the molecule is Cc1ccc(C(N)C(=O)N2CCN(CC(F)(F)F)CC2)cc1.Cl.Cl. The number of nitrogens with two attached hydrogens (primary N) is 1. The number of carbonyl (C=O) groups is 1. The van der Waals surface area contributed by atoms with Crippen LogP contribution in [-0.4, -0.2) is 54.6 Å². The van der Waals surface area contributed by atoms with Crippen molar-refractivity contribution < 1.29 is 18.0 Å². The summed E-state index contributed by atoms with van der Waals surface area (Å²) in [5.74, 6) is -0.240. The van der Waals surface area contributed by atoms with E-state index in [4.69, 9.17) is 5.73 Å². The Balaban J connectivity index is 0.00000264. The number of hydrogen-bond acceptors (Lipinski definition) is 3. The average molecular weight is 388 g/mol. The molecule has 2 N–H and O–H groups in total. The standard InChI is InChI=1S/C15H20F3N3O.2ClH/c1-11-2-4-12(5-3-11)13(19)14(22)21-8-6-20(7-9-21)10-15(16,17)18;;/h2-5,13H,6-10,19H2,1H3;2*1H. The van der Waals surface area contributed by atoms with E-state index in [2.05, 4.69) is 0 Å². The highest BCUT2D eigenvalue weighted by Gasteiger charge is 2.33. The first-order valence-electron chi connectivity index (χ1n) is 7.16. The molecule has 1 aromatic rings. The van der Waals surface area contributed by atoms with Gasteiger partial charge in [-0.3, -0.25) is 9.69 Å². The van der Waals surface area contributed by atoms with Gasteiger partial charge in [0.15, 0.2) is 0 Å². The van der Waals surface area contributed by atoms with E-state index in [1.807, 2.05) is 19.1 Å². The normalized spacial score (nSPS) is 16.8. The molecule has 1 aliphatic rings. The highest BCUT2D eigenvalue weighted by atomic mass is 35.5. The topological polar surface area (TPSA) is 49.6 Å². The molecule has 1 heterocycles. The zero-order valence-corrected chi connectivity index (χ0v) is 14.9. The summed E-state index contributed by atoms with van der Waals surface area (Å²) >= 11 is 0. The summed E-state index contributed by atoms with van der Waals surface area (Å²) in [6, 6.07) is 6.60.